The number of nitrogens with one attached hydrogen (secondary N) is 1. The molecule has 4 heterocycles. The van der Waals surface area contributed by atoms with E-state index in [9.17, 15) is 9.59 Å². The third-order valence-corrected chi connectivity index (χ3v) is 6.89. The van der Waals surface area contributed by atoms with Gasteiger partial charge in [-0.15, -0.1) is 0 Å². The minimum atomic E-state index is -0.234. The maximum Gasteiger partial charge on any atom is 0.256 e. The minimum Gasteiger partial charge on any atom is -0.356 e. The largest absolute Gasteiger partial charge is 0.356 e. The summed E-state index contributed by atoms with van der Waals surface area (Å²) in [7, 11) is 0. The van der Waals surface area contributed by atoms with Crippen LogP contribution < -0.4 is 10.2 Å². The Kier molecular flexibility index (Phi) is 6.16. The Hall–Kier alpha value is -3.13. The molecule has 178 valence electrons. The van der Waals surface area contributed by atoms with Crippen LogP contribution in [0.15, 0.2) is 30.5 Å². The zero-order valence-electron chi connectivity index (χ0n) is 19.6. The fourth-order valence-corrected chi connectivity index (χ4v) is 5.23. The summed E-state index contributed by atoms with van der Waals surface area (Å²) >= 11 is 6.22. The van der Waals surface area contributed by atoms with Gasteiger partial charge in [0.15, 0.2) is 5.65 Å². The molecular formula is C25H29ClN6O2. The molecule has 0 bridgehead atoms. The van der Waals surface area contributed by atoms with Crippen molar-refractivity contribution in [2.24, 2.45) is 0 Å². The first-order chi connectivity index (χ1) is 16.4. The van der Waals surface area contributed by atoms with Crippen LogP contribution in [0.25, 0.3) is 5.65 Å². The highest BCUT2D eigenvalue weighted by molar-refractivity contribution is 6.31. The van der Waals surface area contributed by atoms with Gasteiger partial charge in [0, 0.05) is 49.4 Å². The fourth-order valence-electron chi connectivity index (χ4n) is 5.06. The Morgan fingerprint density at radius 1 is 1.09 bits per heavy atom. The lowest BCUT2D eigenvalue weighted by molar-refractivity contribution is -0.114. The summed E-state index contributed by atoms with van der Waals surface area (Å²) in [5, 5.41) is 8.03. The highest BCUT2D eigenvalue weighted by Gasteiger charge is 2.32. The van der Waals surface area contributed by atoms with Gasteiger partial charge in [-0.05, 0) is 57.2 Å². The van der Waals surface area contributed by atoms with E-state index in [-0.39, 0.29) is 17.9 Å². The number of halogens is 1. The third kappa shape index (κ3) is 4.34. The number of benzene rings is 1. The van der Waals surface area contributed by atoms with Gasteiger partial charge >= 0.3 is 0 Å². The highest BCUT2D eigenvalue weighted by Crippen LogP contribution is 2.34. The summed E-state index contributed by atoms with van der Waals surface area (Å²) in [6.45, 7) is 6.18. The quantitative estimate of drug-likeness (QED) is 0.589. The number of carbonyl (C=O) groups excluding carboxylic acids is 2. The van der Waals surface area contributed by atoms with Gasteiger partial charge < -0.3 is 15.1 Å². The third-order valence-electron chi connectivity index (χ3n) is 6.66. The summed E-state index contributed by atoms with van der Waals surface area (Å²) in [6, 6.07) is 6.81. The first-order valence-corrected chi connectivity index (χ1v) is 12.3. The fraction of sp³-hybridized carbons (Fsp3) is 0.440. The van der Waals surface area contributed by atoms with E-state index >= 15 is 0 Å². The maximum atomic E-state index is 13.7. The van der Waals surface area contributed by atoms with Crippen molar-refractivity contribution in [3.63, 3.8) is 0 Å². The molecule has 0 spiro atoms. The molecule has 2 aromatic heterocycles. The van der Waals surface area contributed by atoms with Crippen molar-refractivity contribution >= 4 is 40.6 Å². The number of hydrogen-bond acceptors (Lipinski definition) is 5. The zero-order chi connectivity index (χ0) is 23.8. The van der Waals surface area contributed by atoms with Crippen LogP contribution in [0.3, 0.4) is 0 Å². The first kappa shape index (κ1) is 22.7. The van der Waals surface area contributed by atoms with Crippen LogP contribution >= 0.6 is 11.6 Å². The van der Waals surface area contributed by atoms with Gasteiger partial charge in [0.1, 0.15) is 5.82 Å². The van der Waals surface area contributed by atoms with Gasteiger partial charge in [-0.1, -0.05) is 11.6 Å². The van der Waals surface area contributed by atoms with Crippen LogP contribution in [0, 0.1) is 6.92 Å². The van der Waals surface area contributed by atoms with Crippen LogP contribution in [0.5, 0.6) is 0 Å². The standard InChI is InChI=1S/C25H29ClN6O2/c1-16-15-32-23(28-24(16)30-10-5-6-11-30)14-21(29-32)22-7-3-4-12-31(22)25(34)19-13-18(26)8-9-20(19)27-17(2)33/h8-9,13-15,22H,3-7,10-12H2,1-2H3,(H,27,33)/t22-/m0/s1. The second kappa shape index (κ2) is 9.25. The number of anilines is 2. The monoisotopic (exact) mass is 480 g/mol. The molecule has 0 aliphatic carbocycles. The Balaban J connectivity index is 1.49. The molecule has 3 aromatic rings. The highest BCUT2D eigenvalue weighted by atomic mass is 35.5. The Bertz CT molecular complexity index is 1250. The molecule has 8 nitrogen and oxygen atoms in total. The van der Waals surface area contributed by atoms with E-state index in [0.29, 0.717) is 22.8 Å². The van der Waals surface area contributed by atoms with Crippen molar-refractivity contribution in [1.29, 1.82) is 0 Å². The zero-order valence-corrected chi connectivity index (χ0v) is 20.3. The number of aryl methyl sites for hydroxylation is 1. The molecule has 5 rings (SSSR count). The summed E-state index contributed by atoms with van der Waals surface area (Å²) < 4.78 is 1.82. The van der Waals surface area contributed by atoms with Gasteiger partial charge in [0.25, 0.3) is 5.91 Å². The predicted molar refractivity (Wildman–Crippen MR) is 133 cm³/mol. The van der Waals surface area contributed by atoms with E-state index in [4.69, 9.17) is 21.7 Å². The molecule has 2 saturated heterocycles. The summed E-state index contributed by atoms with van der Waals surface area (Å²) in [4.78, 5) is 34.5. The molecule has 2 aliphatic heterocycles. The summed E-state index contributed by atoms with van der Waals surface area (Å²) in [5.74, 6) is 0.629. The van der Waals surface area contributed by atoms with E-state index in [2.05, 4.69) is 17.1 Å². The number of likely N-dealkylation sites (tertiary alicyclic amines) is 1. The average Bonchev–Trinajstić information content (AvgIpc) is 3.49. The molecule has 0 unspecified atom stereocenters. The lowest BCUT2D eigenvalue weighted by Crippen LogP contribution is -2.39. The van der Waals surface area contributed by atoms with Crippen molar-refractivity contribution in [3.05, 3.63) is 52.3 Å². The topological polar surface area (TPSA) is 82.8 Å². The Morgan fingerprint density at radius 2 is 1.85 bits per heavy atom. The molecule has 0 saturated carbocycles. The molecule has 2 fully saturated rings. The minimum absolute atomic E-state index is 0.157. The Morgan fingerprint density at radius 3 is 2.62 bits per heavy atom. The van der Waals surface area contributed by atoms with E-state index in [1.807, 2.05) is 21.7 Å². The number of amides is 2. The molecule has 9 heteroatoms. The van der Waals surface area contributed by atoms with E-state index in [1.54, 1.807) is 18.2 Å². The molecule has 34 heavy (non-hydrogen) atoms. The molecule has 2 aliphatic rings. The molecular weight excluding hydrogens is 452 g/mol. The SMILES string of the molecule is CC(=O)Nc1ccc(Cl)cc1C(=O)N1CCCC[C@H]1c1cc2nc(N3CCCC3)c(C)cn2n1. The number of hydrogen-bond donors (Lipinski definition) is 1. The van der Waals surface area contributed by atoms with Gasteiger partial charge in [-0.2, -0.15) is 5.10 Å². The second-order valence-corrected chi connectivity index (χ2v) is 9.63. The number of fused-ring (bicyclic) bond motifs is 1. The van der Waals surface area contributed by atoms with Crippen molar-refractivity contribution < 1.29 is 9.59 Å². The number of aromatic nitrogens is 3. The van der Waals surface area contributed by atoms with Crippen molar-refractivity contribution in [2.45, 2.75) is 52.0 Å². The van der Waals surface area contributed by atoms with E-state index < -0.39 is 0 Å². The lowest BCUT2D eigenvalue weighted by Gasteiger charge is -2.35. The van der Waals surface area contributed by atoms with Gasteiger partial charge in [-0.25, -0.2) is 9.50 Å². The van der Waals surface area contributed by atoms with Crippen molar-refractivity contribution in [1.82, 2.24) is 19.5 Å². The van der Waals surface area contributed by atoms with Gasteiger partial charge in [0.05, 0.1) is 23.0 Å². The number of carbonyl (C=O) groups is 2. The van der Waals surface area contributed by atoms with Gasteiger partial charge in [0.2, 0.25) is 5.91 Å². The van der Waals surface area contributed by atoms with Crippen LogP contribution in [0.4, 0.5) is 11.5 Å². The van der Waals surface area contributed by atoms with E-state index in [1.165, 1.54) is 19.8 Å². The van der Waals surface area contributed by atoms with Crippen molar-refractivity contribution in [3.8, 4) is 0 Å². The maximum absolute atomic E-state index is 13.7. The van der Waals surface area contributed by atoms with Gasteiger partial charge in [-0.3, -0.25) is 9.59 Å². The molecule has 2 amide bonds. The number of piperidine rings is 1. The van der Waals surface area contributed by atoms with E-state index in [0.717, 1.165) is 55.1 Å². The number of nitrogens with zero attached hydrogens (tertiary/aromatic N) is 5. The smallest absolute Gasteiger partial charge is 0.256 e. The lowest BCUT2D eigenvalue weighted by atomic mass is 9.98. The van der Waals surface area contributed by atoms with Crippen LogP contribution in [-0.2, 0) is 4.79 Å². The first-order valence-electron chi connectivity index (χ1n) is 11.9. The molecule has 0 radical (unpaired) electrons. The molecule has 1 atom stereocenters. The normalized spacial score (nSPS) is 18.5. The summed E-state index contributed by atoms with van der Waals surface area (Å²) in [5.41, 5.74) is 3.58. The average molecular weight is 481 g/mol. The Labute approximate surface area is 203 Å². The van der Waals surface area contributed by atoms with Crippen LogP contribution in [0.1, 0.15) is 66.7 Å². The summed E-state index contributed by atoms with van der Waals surface area (Å²) in [6.07, 6.45) is 7.17. The predicted octanol–water partition coefficient (Wildman–Crippen LogP) is 4.62. The number of rotatable bonds is 4. The van der Waals surface area contributed by atoms with Crippen molar-refractivity contribution in [2.75, 3.05) is 29.9 Å². The molecule has 1 aromatic carbocycles. The van der Waals surface area contributed by atoms with Crippen LogP contribution in [0.2, 0.25) is 5.02 Å². The second-order valence-electron chi connectivity index (χ2n) is 9.19. The molecule has 1 N–H and O–H groups in total. The van der Waals surface area contributed by atoms with Crippen LogP contribution in [-0.4, -0.2) is 50.9 Å².